The van der Waals surface area contributed by atoms with Gasteiger partial charge >= 0.3 is 5.97 Å². The van der Waals surface area contributed by atoms with Crippen LogP contribution >= 0.6 is 11.8 Å². The second-order valence-electron chi connectivity index (χ2n) is 5.85. The van der Waals surface area contributed by atoms with Crippen LogP contribution in [-0.4, -0.2) is 49.2 Å². The van der Waals surface area contributed by atoms with Gasteiger partial charge in [-0.1, -0.05) is 17.8 Å². The lowest BCUT2D eigenvalue weighted by Crippen LogP contribution is -2.14. The predicted molar refractivity (Wildman–Crippen MR) is 110 cm³/mol. The van der Waals surface area contributed by atoms with Gasteiger partial charge in [0.25, 0.3) is 11.1 Å². The number of thioether (sulfide) groups is 1. The van der Waals surface area contributed by atoms with Crippen LogP contribution < -0.4 is 14.8 Å². The molecule has 1 amide bonds. The molecule has 0 saturated heterocycles. The number of rotatable bonds is 8. The summed E-state index contributed by atoms with van der Waals surface area (Å²) in [6, 6.07) is 11.7. The van der Waals surface area contributed by atoms with Crippen LogP contribution in [0, 0.1) is 0 Å². The number of methoxy groups -OCH3 is 3. The molecule has 0 aliphatic rings. The average Bonchev–Trinajstić information content (AvgIpc) is 3.25. The maximum Gasteiger partial charge on any atom is 0.337 e. The van der Waals surface area contributed by atoms with E-state index in [0.717, 1.165) is 11.8 Å². The van der Waals surface area contributed by atoms with Gasteiger partial charge in [-0.3, -0.25) is 4.79 Å². The summed E-state index contributed by atoms with van der Waals surface area (Å²) in [6.07, 6.45) is 0. The molecule has 0 bridgehead atoms. The molecule has 0 atom stereocenters. The number of hydrogen-bond donors (Lipinski definition) is 1. The van der Waals surface area contributed by atoms with Crippen molar-refractivity contribution in [3.8, 4) is 23.0 Å². The molecular weight excluding hydrogens is 410 g/mol. The van der Waals surface area contributed by atoms with Gasteiger partial charge in [-0.05, 0) is 30.3 Å². The van der Waals surface area contributed by atoms with E-state index in [1.807, 2.05) is 0 Å². The molecule has 0 aliphatic heterocycles. The van der Waals surface area contributed by atoms with Crippen molar-refractivity contribution in [1.82, 2.24) is 10.2 Å². The minimum atomic E-state index is -0.479. The highest BCUT2D eigenvalue weighted by Crippen LogP contribution is 2.33. The standard InChI is InChI=1S/C20H19N3O6S/c1-26-14-7-8-15(16(10-14)27-2)18-22-23-20(29-18)30-11-17(24)21-13-6-4-5-12(9-13)19(25)28-3/h4-10H,11H2,1-3H3,(H,21,24). The quantitative estimate of drug-likeness (QED) is 0.426. The third kappa shape index (κ3) is 5.09. The maximum absolute atomic E-state index is 12.2. The molecular formula is C20H19N3O6S. The van der Waals surface area contributed by atoms with Gasteiger partial charge in [0.05, 0.1) is 38.2 Å². The summed E-state index contributed by atoms with van der Waals surface area (Å²) < 4.78 is 20.8. The Labute approximate surface area is 176 Å². The molecule has 0 radical (unpaired) electrons. The van der Waals surface area contributed by atoms with E-state index in [4.69, 9.17) is 13.9 Å². The van der Waals surface area contributed by atoms with E-state index >= 15 is 0 Å². The second kappa shape index (κ2) is 9.79. The molecule has 0 spiro atoms. The van der Waals surface area contributed by atoms with Crippen LogP contribution in [0.15, 0.2) is 52.1 Å². The molecule has 1 heterocycles. The van der Waals surface area contributed by atoms with Gasteiger partial charge in [0.15, 0.2) is 0 Å². The second-order valence-corrected chi connectivity index (χ2v) is 6.78. The average molecular weight is 429 g/mol. The smallest absolute Gasteiger partial charge is 0.337 e. The van der Waals surface area contributed by atoms with Crippen LogP contribution in [0.5, 0.6) is 11.5 Å². The zero-order valence-electron chi connectivity index (χ0n) is 16.5. The molecule has 1 N–H and O–H groups in total. The number of carbonyl (C=O) groups is 2. The number of amides is 1. The molecule has 0 saturated carbocycles. The van der Waals surface area contributed by atoms with E-state index in [9.17, 15) is 9.59 Å². The Bertz CT molecular complexity index is 1050. The Morgan fingerprint density at radius 3 is 2.63 bits per heavy atom. The van der Waals surface area contributed by atoms with Gasteiger partial charge < -0.3 is 23.9 Å². The van der Waals surface area contributed by atoms with Crippen molar-refractivity contribution in [1.29, 1.82) is 0 Å². The first-order valence-corrected chi connectivity index (χ1v) is 9.69. The Balaban J connectivity index is 1.62. The van der Waals surface area contributed by atoms with Crippen molar-refractivity contribution >= 4 is 29.3 Å². The zero-order valence-corrected chi connectivity index (χ0v) is 17.3. The number of anilines is 1. The number of aromatic nitrogens is 2. The van der Waals surface area contributed by atoms with Crippen LogP contribution in [0.1, 0.15) is 10.4 Å². The fourth-order valence-electron chi connectivity index (χ4n) is 2.52. The summed E-state index contributed by atoms with van der Waals surface area (Å²) in [7, 11) is 4.39. The van der Waals surface area contributed by atoms with Gasteiger partial charge in [0.2, 0.25) is 5.91 Å². The molecule has 10 heteroatoms. The fraction of sp³-hybridized carbons (Fsp3) is 0.200. The molecule has 9 nitrogen and oxygen atoms in total. The minimum Gasteiger partial charge on any atom is -0.497 e. The summed E-state index contributed by atoms with van der Waals surface area (Å²) in [5.41, 5.74) is 1.44. The molecule has 0 fully saturated rings. The topological polar surface area (TPSA) is 113 Å². The lowest BCUT2D eigenvalue weighted by Gasteiger charge is -2.07. The summed E-state index contributed by atoms with van der Waals surface area (Å²) in [5.74, 6) is 0.708. The third-order valence-electron chi connectivity index (χ3n) is 3.94. The molecule has 30 heavy (non-hydrogen) atoms. The molecule has 2 aromatic carbocycles. The number of nitrogens with one attached hydrogen (secondary N) is 1. The lowest BCUT2D eigenvalue weighted by molar-refractivity contribution is -0.113. The van der Waals surface area contributed by atoms with E-state index in [-0.39, 0.29) is 22.8 Å². The van der Waals surface area contributed by atoms with E-state index in [0.29, 0.717) is 28.3 Å². The molecule has 0 unspecified atom stereocenters. The highest BCUT2D eigenvalue weighted by Gasteiger charge is 2.16. The number of benzene rings is 2. The van der Waals surface area contributed by atoms with Crippen molar-refractivity contribution < 1.29 is 28.2 Å². The number of nitrogens with zero attached hydrogens (tertiary/aromatic N) is 2. The number of hydrogen-bond acceptors (Lipinski definition) is 9. The largest absolute Gasteiger partial charge is 0.497 e. The van der Waals surface area contributed by atoms with Gasteiger partial charge in [0.1, 0.15) is 11.5 Å². The first kappa shape index (κ1) is 21.2. The van der Waals surface area contributed by atoms with Gasteiger partial charge in [0, 0.05) is 11.8 Å². The minimum absolute atomic E-state index is 0.0455. The molecule has 3 aromatic rings. The first-order valence-electron chi connectivity index (χ1n) is 8.71. The first-order chi connectivity index (χ1) is 14.5. The fourth-order valence-corrected chi connectivity index (χ4v) is 3.08. The van der Waals surface area contributed by atoms with E-state index in [2.05, 4.69) is 20.3 Å². The van der Waals surface area contributed by atoms with Crippen LogP contribution in [0.25, 0.3) is 11.5 Å². The van der Waals surface area contributed by atoms with Crippen molar-refractivity contribution in [2.75, 3.05) is 32.4 Å². The normalized spacial score (nSPS) is 10.4. The van der Waals surface area contributed by atoms with E-state index in [1.165, 1.54) is 20.3 Å². The number of esters is 1. The number of carbonyl (C=O) groups excluding carboxylic acids is 2. The Hall–Kier alpha value is -3.53. The van der Waals surface area contributed by atoms with Crippen LogP contribution in [0.3, 0.4) is 0 Å². The van der Waals surface area contributed by atoms with Crippen molar-refractivity contribution in [2.24, 2.45) is 0 Å². The summed E-state index contributed by atoms with van der Waals surface area (Å²) in [5, 5.41) is 10.9. The van der Waals surface area contributed by atoms with Crippen LogP contribution in [-0.2, 0) is 9.53 Å². The number of ether oxygens (including phenoxy) is 3. The van der Waals surface area contributed by atoms with Gasteiger partial charge in [-0.2, -0.15) is 0 Å². The Morgan fingerprint density at radius 2 is 1.90 bits per heavy atom. The van der Waals surface area contributed by atoms with Crippen molar-refractivity contribution in [2.45, 2.75) is 5.22 Å². The van der Waals surface area contributed by atoms with E-state index in [1.54, 1.807) is 43.5 Å². The zero-order chi connectivity index (χ0) is 21.5. The Morgan fingerprint density at radius 1 is 1.07 bits per heavy atom. The summed E-state index contributed by atoms with van der Waals surface area (Å²) >= 11 is 1.09. The maximum atomic E-state index is 12.2. The highest BCUT2D eigenvalue weighted by molar-refractivity contribution is 7.99. The summed E-state index contributed by atoms with van der Waals surface area (Å²) in [4.78, 5) is 23.8. The van der Waals surface area contributed by atoms with Crippen LogP contribution in [0.4, 0.5) is 5.69 Å². The lowest BCUT2D eigenvalue weighted by atomic mass is 10.2. The summed E-state index contributed by atoms with van der Waals surface area (Å²) in [6.45, 7) is 0. The van der Waals surface area contributed by atoms with Gasteiger partial charge in [-0.25, -0.2) is 4.79 Å². The predicted octanol–water partition coefficient (Wildman–Crippen LogP) is 3.27. The molecule has 1 aromatic heterocycles. The van der Waals surface area contributed by atoms with Gasteiger partial charge in [-0.15, -0.1) is 10.2 Å². The van der Waals surface area contributed by atoms with Crippen molar-refractivity contribution in [3.63, 3.8) is 0 Å². The SMILES string of the molecule is COC(=O)c1cccc(NC(=O)CSc2nnc(-c3ccc(OC)cc3OC)o2)c1. The van der Waals surface area contributed by atoms with Crippen LogP contribution in [0.2, 0.25) is 0 Å². The van der Waals surface area contributed by atoms with Crippen molar-refractivity contribution in [3.05, 3.63) is 48.0 Å². The molecule has 3 rings (SSSR count). The molecule has 156 valence electrons. The highest BCUT2D eigenvalue weighted by atomic mass is 32.2. The Kier molecular flexibility index (Phi) is 6.91. The third-order valence-corrected chi connectivity index (χ3v) is 4.76. The van der Waals surface area contributed by atoms with E-state index < -0.39 is 5.97 Å². The molecule has 0 aliphatic carbocycles. The monoisotopic (exact) mass is 429 g/mol.